The molecule has 1 fully saturated rings. The molecular formula is C15H32ClN3O4S. The quantitative estimate of drug-likeness (QED) is 0.569. The third-order valence-electron chi connectivity index (χ3n) is 5.01. The number of amides is 1. The van der Waals surface area contributed by atoms with Gasteiger partial charge in [0.1, 0.15) is 5.54 Å². The average Bonchev–Trinajstić information content (AvgIpc) is 2.50. The Morgan fingerprint density at radius 2 is 1.96 bits per heavy atom. The molecule has 2 atom stereocenters. The molecule has 0 bridgehead atoms. The van der Waals surface area contributed by atoms with Gasteiger partial charge >= 0.3 is 0 Å². The van der Waals surface area contributed by atoms with E-state index in [1.165, 1.54) is 4.31 Å². The van der Waals surface area contributed by atoms with Crippen molar-refractivity contribution < 1.29 is 17.9 Å². The number of carbonyl (C=O) groups is 1. The minimum Gasteiger partial charge on any atom is -0.378 e. The molecule has 0 heterocycles. The second-order valence-corrected chi connectivity index (χ2v) is 9.04. The number of rotatable bonds is 9. The van der Waals surface area contributed by atoms with Crippen molar-refractivity contribution in [3.8, 4) is 0 Å². The maximum atomic E-state index is 12.4. The first-order chi connectivity index (χ1) is 10.5. The van der Waals surface area contributed by atoms with Crippen molar-refractivity contribution in [2.24, 2.45) is 11.1 Å². The highest BCUT2D eigenvalue weighted by molar-refractivity contribution is 7.89. The van der Waals surface area contributed by atoms with E-state index < -0.39 is 21.0 Å². The van der Waals surface area contributed by atoms with Crippen LogP contribution in [0.25, 0.3) is 0 Å². The number of ether oxygens (including phenoxy) is 1. The number of carbonyl (C=O) groups excluding carboxylic acids is 1. The van der Waals surface area contributed by atoms with Crippen molar-refractivity contribution in [3.05, 3.63) is 0 Å². The average molecular weight is 386 g/mol. The molecule has 24 heavy (non-hydrogen) atoms. The molecule has 1 amide bonds. The third-order valence-corrected chi connectivity index (χ3v) is 6.87. The molecule has 0 saturated heterocycles. The number of hydrogen-bond donors (Lipinski definition) is 2. The minimum absolute atomic E-state index is 0. The lowest BCUT2D eigenvalue weighted by molar-refractivity contribution is -0.170. The molecule has 0 radical (unpaired) electrons. The van der Waals surface area contributed by atoms with Gasteiger partial charge in [0.15, 0.2) is 0 Å². The second-order valence-electron chi connectivity index (χ2n) is 6.67. The maximum absolute atomic E-state index is 12.4. The SMILES string of the molecule is CCOC1CC(N)(C(=O)NCCCN(C)S(=O)(=O)CC)C1(C)C.Cl. The monoisotopic (exact) mass is 385 g/mol. The molecule has 0 aliphatic heterocycles. The van der Waals surface area contributed by atoms with Gasteiger partial charge < -0.3 is 15.8 Å². The van der Waals surface area contributed by atoms with E-state index in [2.05, 4.69) is 5.32 Å². The van der Waals surface area contributed by atoms with Gasteiger partial charge in [0, 0.05) is 38.6 Å². The number of halogens is 1. The summed E-state index contributed by atoms with van der Waals surface area (Å²) in [5, 5.41) is 2.83. The highest BCUT2D eigenvalue weighted by Crippen LogP contribution is 2.49. The van der Waals surface area contributed by atoms with E-state index in [0.29, 0.717) is 32.5 Å². The zero-order valence-corrected chi connectivity index (χ0v) is 16.9. The van der Waals surface area contributed by atoms with E-state index in [9.17, 15) is 13.2 Å². The van der Waals surface area contributed by atoms with Gasteiger partial charge in [0.05, 0.1) is 11.9 Å². The Balaban J connectivity index is 0.00000529. The van der Waals surface area contributed by atoms with E-state index in [1.54, 1.807) is 14.0 Å². The van der Waals surface area contributed by atoms with Crippen LogP contribution in [0.1, 0.15) is 40.5 Å². The van der Waals surface area contributed by atoms with Gasteiger partial charge in [-0.05, 0) is 20.3 Å². The van der Waals surface area contributed by atoms with Crippen LogP contribution in [-0.4, -0.2) is 62.8 Å². The van der Waals surface area contributed by atoms with E-state index >= 15 is 0 Å². The van der Waals surface area contributed by atoms with Crippen molar-refractivity contribution in [2.75, 3.05) is 32.5 Å². The van der Waals surface area contributed by atoms with Crippen molar-refractivity contribution in [1.29, 1.82) is 0 Å². The highest BCUT2D eigenvalue weighted by Gasteiger charge is 2.62. The summed E-state index contributed by atoms with van der Waals surface area (Å²) in [6.07, 6.45) is 1.04. The summed E-state index contributed by atoms with van der Waals surface area (Å²) in [4.78, 5) is 12.4. The van der Waals surface area contributed by atoms with Crippen LogP contribution in [0.5, 0.6) is 0 Å². The summed E-state index contributed by atoms with van der Waals surface area (Å²) < 4.78 is 30.2. The Kier molecular flexibility index (Phi) is 8.65. The second kappa shape index (κ2) is 8.80. The van der Waals surface area contributed by atoms with Crippen LogP contribution in [-0.2, 0) is 19.6 Å². The van der Waals surface area contributed by atoms with Crippen molar-refractivity contribution in [3.63, 3.8) is 0 Å². The predicted molar refractivity (Wildman–Crippen MR) is 97.7 cm³/mol. The fraction of sp³-hybridized carbons (Fsp3) is 0.933. The minimum atomic E-state index is -3.17. The first kappa shape index (κ1) is 23.6. The number of hydrogen-bond acceptors (Lipinski definition) is 5. The summed E-state index contributed by atoms with van der Waals surface area (Å²) in [7, 11) is -1.63. The number of nitrogens with two attached hydrogens (primary N) is 1. The third kappa shape index (κ3) is 4.60. The Bertz CT molecular complexity index is 527. The lowest BCUT2D eigenvalue weighted by Crippen LogP contribution is -2.75. The largest absolute Gasteiger partial charge is 0.378 e. The standard InChI is InChI=1S/C15H31N3O4S.ClH/c1-6-22-12-11-15(16,14(12,3)4)13(19)17-9-8-10-18(5)23(20,21)7-2;/h12H,6-11,16H2,1-5H3,(H,17,19);1H. The molecule has 1 rings (SSSR count). The number of nitrogens with one attached hydrogen (secondary N) is 1. The van der Waals surface area contributed by atoms with Crippen LogP contribution in [0.15, 0.2) is 0 Å². The number of nitrogens with zero attached hydrogens (tertiary/aromatic N) is 1. The Morgan fingerprint density at radius 3 is 2.42 bits per heavy atom. The van der Waals surface area contributed by atoms with E-state index in [0.717, 1.165) is 0 Å². The van der Waals surface area contributed by atoms with Crippen molar-refractivity contribution >= 4 is 28.3 Å². The topological polar surface area (TPSA) is 102 Å². The van der Waals surface area contributed by atoms with Gasteiger partial charge in [0.2, 0.25) is 15.9 Å². The molecule has 1 aliphatic carbocycles. The molecule has 0 aromatic rings. The molecule has 0 aromatic heterocycles. The van der Waals surface area contributed by atoms with Gasteiger partial charge in [-0.25, -0.2) is 12.7 Å². The van der Waals surface area contributed by atoms with Gasteiger partial charge in [-0.15, -0.1) is 12.4 Å². The Hall–Kier alpha value is -0.410. The Labute approximate surface area is 152 Å². The predicted octanol–water partition coefficient (Wildman–Crippen LogP) is 0.729. The van der Waals surface area contributed by atoms with Crippen molar-refractivity contribution in [2.45, 2.75) is 52.2 Å². The lowest BCUT2D eigenvalue weighted by atomic mass is 9.54. The van der Waals surface area contributed by atoms with E-state index in [-0.39, 0.29) is 30.2 Å². The highest BCUT2D eigenvalue weighted by atomic mass is 35.5. The van der Waals surface area contributed by atoms with Crippen LogP contribution in [0.3, 0.4) is 0 Å². The summed E-state index contributed by atoms with van der Waals surface area (Å²) in [5.41, 5.74) is 4.92. The van der Waals surface area contributed by atoms with Crippen LogP contribution in [0.4, 0.5) is 0 Å². The van der Waals surface area contributed by atoms with Gasteiger partial charge in [-0.3, -0.25) is 4.79 Å². The molecule has 0 aromatic carbocycles. The molecule has 144 valence electrons. The first-order valence-electron chi connectivity index (χ1n) is 8.15. The van der Waals surface area contributed by atoms with Crippen LogP contribution in [0.2, 0.25) is 0 Å². The molecule has 1 saturated carbocycles. The van der Waals surface area contributed by atoms with Crippen LogP contribution in [0, 0.1) is 5.41 Å². The fourth-order valence-corrected chi connectivity index (χ4v) is 3.69. The van der Waals surface area contributed by atoms with Gasteiger partial charge in [0.25, 0.3) is 0 Å². The van der Waals surface area contributed by atoms with Gasteiger partial charge in [-0.1, -0.05) is 13.8 Å². The Morgan fingerprint density at radius 1 is 1.38 bits per heavy atom. The lowest BCUT2D eigenvalue weighted by Gasteiger charge is -2.57. The molecule has 0 spiro atoms. The van der Waals surface area contributed by atoms with Gasteiger partial charge in [-0.2, -0.15) is 0 Å². The fourth-order valence-electron chi connectivity index (χ4n) is 2.84. The smallest absolute Gasteiger partial charge is 0.240 e. The molecule has 1 aliphatic rings. The zero-order chi connectivity index (χ0) is 17.9. The number of sulfonamides is 1. The molecule has 9 heteroatoms. The molecular weight excluding hydrogens is 354 g/mol. The van der Waals surface area contributed by atoms with Crippen LogP contribution >= 0.6 is 12.4 Å². The first-order valence-corrected chi connectivity index (χ1v) is 9.76. The molecule has 7 nitrogen and oxygen atoms in total. The zero-order valence-electron chi connectivity index (χ0n) is 15.3. The van der Waals surface area contributed by atoms with E-state index in [1.807, 2.05) is 20.8 Å². The molecule has 2 unspecified atom stereocenters. The summed E-state index contributed by atoms with van der Waals surface area (Å²) >= 11 is 0. The van der Waals surface area contributed by atoms with E-state index in [4.69, 9.17) is 10.5 Å². The summed E-state index contributed by atoms with van der Waals surface area (Å²) in [5.74, 6) is -0.117. The summed E-state index contributed by atoms with van der Waals surface area (Å²) in [6, 6.07) is 0. The van der Waals surface area contributed by atoms with Crippen LogP contribution < -0.4 is 11.1 Å². The normalized spacial score (nSPS) is 25.7. The van der Waals surface area contributed by atoms with Crippen molar-refractivity contribution in [1.82, 2.24) is 9.62 Å². The maximum Gasteiger partial charge on any atom is 0.240 e. The summed E-state index contributed by atoms with van der Waals surface area (Å²) in [6.45, 7) is 8.79. The molecule has 3 N–H and O–H groups in total.